The summed E-state index contributed by atoms with van der Waals surface area (Å²) in [4.78, 5) is 0. The zero-order valence-electron chi connectivity index (χ0n) is 10.6. The standard InChI is InChI=1S/C16H15FO2/c1-10-4-2-3-5-12(10)16-9-14(18)13-8-11(17)6-7-15(13)19-16/h2-8,14,16,18H,9H2,1H3/t14-,16?/m0/s1. The average molecular weight is 258 g/mol. The number of aliphatic hydroxyl groups is 1. The van der Waals surface area contributed by atoms with E-state index >= 15 is 0 Å². The third kappa shape index (κ3) is 2.22. The molecule has 2 atom stereocenters. The molecule has 0 fully saturated rings. The molecular formula is C16H15FO2. The normalized spacial score (nSPS) is 21.6. The first-order chi connectivity index (χ1) is 9.15. The molecule has 1 aliphatic rings. The molecule has 3 rings (SSSR count). The Balaban J connectivity index is 1.97. The molecule has 1 heterocycles. The van der Waals surface area contributed by atoms with Crippen LogP contribution in [0.5, 0.6) is 5.75 Å². The van der Waals surface area contributed by atoms with Crippen molar-refractivity contribution in [3.8, 4) is 5.75 Å². The second-order valence-corrected chi connectivity index (χ2v) is 4.90. The number of ether oxygens (including phenoxy) is 1. The van der Waals surface area contributed by atoms with E-state index in [1.807, 2.05) is 31.2 Å². The van der Waals surface area contributed by atoms with Crippen molar-refractivity contribution in [1.82, 2.24) is 0 Å². The van der Waals surface area contributed by atoms with Crippen LogP contribution in [-0.4, -0.2) is 5.11 Å². The Morgan fingerprint density at radius 2 is 1.95 bits per heavy atom. The van der Waals surface area contributed by atoms with E-state index in [1.54, 1.807) is 6.07 Å². The molecule has 98 valence electrons. The van der Waals surface area contributed by atoms with Crippen molar-refractivity contribution in [1.29, 1.82) is 0 Å². The number of rotatable bonds is 1. The number of hydrogen-bond donors (Lipinski definition) is 1. The molecule has 3 heteroatoms. The van der Waals surface area contributed by atoms with Gasteiger partial charge in [-0.15, -0.1) is 0 Å². The highest BCUT2D eigenvalue weighted by atomic mass is 19.1. The third-order valence-electron chi connectivity index (χ3n) is 3.57. The van der Waals surface area contributed by atoms with Gasteiger partial charge in [0.15, 0.2) is 0 Å². The van der Waals surface area contributed by atoms with Crippen molar-refractivity contribution in [2.75, 3.05) is 0 Å². The summed E-state index contributed by atoms with van der Waals surface area (Å²) in [5.41, 5.74) is 2.73. The smallest absolute Gasteiger partial charge is 0.127 e. The van der Waals surface area contributed by atoms with Gasteiger partial charge >= 0.3 is 0 Å². The van der Waals surface area contributed by atoms with E-state index in [4.69, 9.17) is 4.74 Å². The number of benzene rings is 2. The fraction of sp³-hybridized carbons (Fsp3) is 0.250. The molecular weight excluding hydrogens is 243 g/mol. The van der Waals surface area contributed by atoms with Crippen molar-refractivity contribution in [3.05, 3.63) is 65.0 Å². The van der Waals surface area contributed by atoms with Gasteiger partial charge in [0, 0.05) is 12.0 Å². The van der Waals surface area contributed by atoms with Crippen molar-refractivity contribution >= 4 is 0 Å². The van der Waals surface area contributed by atoms with Crippen molar-refractivity contribution in [2.45, 2.75) is 25.6 Å². The van der Waals surface area contributed by atoms with Gasteiger partial charge in [0.25, 0.3) is 0 Å². The first kappa shape index (κ1) is 12.2. The first-order valence-corrected chi connectivity index (χ1v) is 6.35. The summed E-state index contributed by atoms with van der Waals surface area (Å²) in [5, 5.41) is 10.2. The molecule has 0 spiro atoms. The number of aryl methyl sites for hydroxylation is 1. The molecule has 2 aromatic carbocycles. The molecule has 0 saturated heterocycles. The van der Waals surface area contributed by atoms with Gasteiger partial charge in [-0.1, -0.05) is 24.3 Å². The quantitative estimate of drug-likeness (QED) is 0.845. The highest BCUT2D eigenvalue weighted by Crippen LogP contribution is 2.41. The van der Waals surface area contributed by atoms with Crippen LogP contribution in [0.15, 0.2) is 42.5 Å². The number of hydrogen-bond acceptors (Lipinski definition) is 2. The second-order valence-electron chi connectivity index (χ2n) is 4.90. The summed E-state index contributed by atoms with van der Waals surface area (Å²) >= 11 is 0. The molecule has 19 heavy (non-hydrogen) atoms. The zero-order chi connectivity index (χ0) is 13.4. The van der Waals surface area contributed by atoms with E-state index < -0.39 is 6.10 Å². The van der Waals surface area contributed by atoms with Crippen LogP contribution < -0.4 is 4.74 Å². The van der Waals surface area contributed by atoms with Gasteiger partial charge in [-0.3, -0.25) is 0 Å². The van der Waals surface area contributed by atoms with Gasteiger partial charge in [0.2, 0.25) is 0 Å². The van der Waals surface area contributed by atoms with Crippen molar-refractivity contribution in [2.24, 2.45) is 0 Å². The molecule has 0 saturated carbocycles. The summed E-state index contributed by atoms with van der Waals surface area (Å²) in [5.74, 6) is 0.212. The summed E-state index contributed by atoms with van der Waals surface area (Å²) < 4.78 is 19.1. The van der Waals surface area contributed by atoms with Crippen LogP contribution in [0, 0.1) is 12.7 Å². The molecule has 0 aliphatic carbocycles. The van der Waals surface area contributed by atoms with Gasteiger partial charge in [-0.05, 0) is 36.2 Å². The lowest BCUT2D eigenvalue weighted by Gasteiger charge is -2.30. The fourth-order valence-corrected chi connectivity index (χ4v) is 2.56. The fourth-order valence-electron chi connectivity index (χ4n) is 2.56. The zero-order valence-corrected chi connectivity index (χ0v) is 10.6. The SMILES string of the molecule is Cc1ccccc1C1C[C@H](O)c2cc(F)ccc2O1. The predicted octanol–water partition coefficient (Wildman–Crippen LogP) is 3.69. The van der Waals surface area contributed by atoms with Gasteiger partial charge < -0.3 is 9.84 Å². The Kier molecular flexibility index (Phi) is 2.99. The van der Waals surface area contributed by atoms with E-state index in [1.165, 1.54) is 12.1 Å². The van der Waals surface area contributed by atoms with Crippen LogP contribution in [0.1, 0.15) is 35.3 Å². The maximum atomic E-state index is 13.2. The van der Waals surface area contributed by atoms with Crippen LogP contribution in [-0.2, 0) is 0 Å². The lowest BCUT2D eigenvalue weighted by Crippen LogP contribution is -2.19. The Morgan fingerprint density at radius 3 is 2.74 bits per heavy atom. The van der Waals surface area contributed by atoms with Gasteiger partial charge in [0.1, 0.15) is 17.7 Å². The van der Waals surface area contributed by atoms with Gasteiger partial charge in [0.05, 0.1) is 6.10 Å². The van der Waals surface area contributed by atoms with Gasteiger partial charge in [-0.25, -0.2) is 4.39 Å². The van der Waals surface area contributed by atoms with Crippen molar-refractivity contribution in [3.63, 3.8) is 0 Å². The van der Waals surface area contributed by atoms with E-state index in [0.717, 1.165) is 11.1 Å². The average Bonchev–Trinajstić information content (AvgIpc) is 2.40. The monoisotopic (exact) mass is 258 g/mol. The topological polar surface area (TPSA) is 29.5 Å². The number of halogens is 1. The largest absolute Gasteiger partial charge is 0.485 e. The Bertz CT molecular complexity index is 609. The molecule has 0 bridgehead atoms. The third-order valence-corrected chi connectivity index (χ3v) is 3.57. The molecule has 1 unspecified atom stereocenters. The number of aliphatic hydroxyl groups excluding tert-OH is 1. The van der Waals surface area contributed by atoms with Crippen LogP contribution in [0.2, 0.25) is 0 Å². The summed E-state index contributed by atoms with van der Waals surface area (Å²) in [6.07, 6.45) is -0.431. The molecule has 1 N–H and O–H groups in total. The Labute approximate surface area is 111 Å². The molecule has 0 amide bonds. The van der Waals surface area contributed by atoms with Crippen LogP contribution in [0.3, 0.4) is 0 Å². The maximum Gasteiger partial charge on any atom is 0.127 e. The Morgan fingerprint density at radius 1 is 1.16 bits per heavy atom. The summed E-state index contributed by atoms with van der Waals surface area (Å²) in [6, 6.07) is 12.2. The summed E-state index contributed by atoms with van der Waals surface area (Å²) in [7, 11) is 0. The van der Waals surface area contributed by atoms with E-state index in [-0.39, 0.29) is 11.9 Å². The minimum Gasteiger partial charge on any atom is -0.485 e. The lowest BCUT2D eigenvalue weighted by atomic mass is 9.93. The van der Waals surface area contributed by atoms with Crippen LogP contribution in [0.4, 0.5) is 4.39 Å². The Hall–Kier alpha value is -1.87. The maximum absolute atomic E-state index is 13.2. The highest BCUT2D eigenvalue weighted by molar-refractivity contribution is 5.40. The summed E-state index contributed by atoms with van der Waals surface area (Å²) in [6.45, 7) is 2.02. The number of fused-ring (bicyclic) bond motifs is 1. The molecule has 2 aromatic rings. The highest BCUT2D eigenvalue weighted by Gasteiger charge is 2.28. The van der Waals surface area contributed by atoms with Crippen LogP contribution in [0.25, 0.3) is 0 Å². The minimum atomic E-state index is -0.691. The van der Waals surface area contributed by atoms with E-state index in [9.17, 15) is 9.50 Å². The molecule has 0 radical (unpaired) electrons. The van der Waals surface area contributed by atoms with Crippen molar-refractivity contribution < 1.29 is 14.2 Å². The molecule has 1 aliphatic heterocycles. The lowest BCUT2D eigenvalue weighted by molar-refractivity contribution is 0.0650. The van der Waals surface area contributed by atoms with E-state index in [2.05, 4.69) is 0 Å². The van der Waals surface area contributed by atoms with E-state index in [0.29, 0.717) is 17.7 Å². The van der Waals surface area contributed by atoms with Crippen LogP contribution >= 0.6 is 0 Å². The molecule has 0 aromatic heterocycles. The van der Waals surface area contributed by atoms with Gasteiger partial charge in [-0.2, -0.15) is 0 Å². The first-order valence-electron chi connectivity index (χ1n) is 6.35. The minimum absolute atomic E-state index is 0.186. The molecule has 2 nitrogen and oxygen atoms in total. The predicted molar refractivity (Wildman–Crippen MR) is 70.5 cm³/mol. The second kappa shape index (κ2) is 4.67.